The zero-order valence-corrected chi connectivity index (χ0v) is 11.0. The molecule has 18 heavy (non-hydrogen) atoms. The lowest BCUT2D eigenvalue weighted by atomic mass is 10.2. The van der Waals surface area contributed by atoms with E-state index in [9.17, 15) is 9.59 Å². The molecular formula is C12H19N3O3. The van der Waals surface area contributed by atoms with Gasteiger partial charge in [-0.3, -0.25) is 14.7 Å². The van der Waals surface area contributed by atoms with Gasteiger partial charge in [-0.05, 0) is 19.4 Å². The average molecular weight is 253 g/mol. The van der Waals surface area contributed by atoms with Gasteiger partial charge in [-0.1, -0.05) is 13.3 Å². The predicted octanol–water partition coefficient (Wildman–Crippen LogP) is 0.997. The number of amides is 1. The molecular weight excluding hydrogens is 234 g/mol. The van der Waals surface area contributed by atoms with Crippen molar-refractivity contribution in [3.05, 3.63) is 17.5 Å². The van der Waals surface area contributed by atoms with Crippen molar-refractivity contribution in [1.82, 2.24) is 15.1 Å². The van der Waals surface area contributed by atoms with Crippen LogP contribution in [0.4, 0.5) is 0 Å². The lowest BCUT2D eigenvalue weighted by molar-refractivity contribution is -0.143. The molecule has 6 nitrogen and oxygen atoms in total. The molecule has 0 unspecified atom stereocenters. The molecule has 6 heteroatoms. The van der Waals surface area contributed by atoms with Crippen LogP contribution in [-0.2, 0) is 16.0 Å². The molecule has 0 saturated carbocycles. The molecule has 0 spiro atoms. The summed E-state index contributed by atoms with van der Waals surface area (Å²) in [6.45, 7) is 4.02. The van der Waals surface area contributed by atoms with E-state index in [4.69, 9.17) is 4.74 Å². The second-order valence-corrected chi connectivity index (χ2v) is 3.99. The summed E-state index contributed by atoms with van der Waals surface area (Å²) in [6, 6.07) is 1.72. The van der Waals surface area contributed by atoms with Crippen LogP contribution in [0.1, 0.15) is 36.5 Å². The summed E-state index contributed by atoms with van der Waals surface area (Å²) in [5.41, 5.74) is 1.25. The molecule has 0 aromatic carbocycles. The smallest absolute Gasteiger partial charge is 0.325 e. The Bertz CT molecular complexity index is 414. The highest BCUT2D eigenvalue weighted by molar-refractivity contribution is 5.94. The van der Waals surface area contributed by atoms with E-state index in [1.807, 2.05) is 0 Å². The molecule has 1 rings (SSSR count). The van der Waals surface area contributed by atoms with Crippen LogP contribution in [0.5, 0.6) is 0 Å². The third-order valence-electron chi connectivity index (χ3n) is 2.39. The summed E-state index contributed by atoms with van der Waals surface area (Å²) >= 11 is 0. The molecule has 0 fully saturated rings. The lowest BCUT2D eigenvalue weighted by Crippen LogP contribution is -2.33. The summed E-state index contributed by atoms with van der Waals surface area (Å²) in [4.78, 5) is 24.5. The number of likely N-dealkylation sites (N-methyl/N-ethyl adjacent to an activating group) is 1. The largest absolute Gasteiger partial charge is 0.465 e. The quantitative estimate of drug-likeness (QED) is 0.767. The summed E-state index contributed by atoms with van der Waals surface area (Å²) < 4.78 is 4.78. The molecule has 1 N–H and O–H groups in total. The van der Waals surface area contributed by atoms with Gasteiger partial charge in [-0.25, -0.2) is 0 Å². The van der Waals surface area contributed by atoms with E-state index in [2.05, 4.69) is 17.1 Å². The zero-order chi connectivity index (χ0) is 13.5. The summed E-state index contributed by atoms with van der Waals surface area (Å²) in [7, 11) is 1.55. The molecule has 0 atom stereocenters. The zero-order valence-electron chi connectivity index (χ0n) is 11.0. The fraction of sp³-hybridized carbons (Fsp3) is 0.583. The number of hydrogen-bond acceptors (Lipinski definition) is 4. The van der Waals surface area contributed by atoms with E-state index >= 15 is 0 Å². The number of hydrogen-bond donors (Lipinski definition) is 1. The maximum atomic E-state index is 11.9. The molecule has 1 amide bonds. The van der Waals surface area contributed by atoms with Crippen LogP contribution in [0.3, 0.4) is 0 Å². The van der Waals surface area contributed by atoms with E-state index in [-0.39, 0.29) is 12.5 Å². The predicted molar refractivity (Wildman–Crippen MR) is 66.2 cm³/mol. The molecule has 0 radical (unpaired) electrons. The van der Waals surface area contributed by atoms with Crippen molar-refractivity contribution in [2.45, 2.75) is 26.7 Å². The van der Waals surface area contributed by atoms with Crippen molar-refractivity contribution in [2.75, 3.05) is 20.2 Å². The van der Waals surface area contributed by atoms with Gasteiger partial charge >= 0.3 is 5.97 Å². The third-order valence-corrected chi connectivity index (χ3v) is 2.39. The van der Waals surface area contributed by atoms with E-state index in [0.29, 0.717) is 12.3 Å². The molecule has 100 valence electrons. The number of carbonyl (C=O) groups excluding carboxylic acids is 2. The van der Waals surface area contributed by atoms with Crippen molar-refractivity contribution in [3.63, 3.8) is 0 Å². The van der Waals surface area contributed by atoms with E-state index < -0.39 is 5.97 Å². The molecule has 0 aliphatic carbocycles. The number of aromatic nitrogens is 2. The second-order valence-electron chi connectivity index (χ2n) is 3.99. The standard InChI is InChI=1S/C12H19N3O3/c1-4-6-9-7-10(14-13-9)12(17)15(3)8-11(16)18-5-2/h7H,4-6,8H2,1-3H3,(H,13,14). The Morgan fingerprint density at radius 1 is 1.44 bits per heavy atom. The average Bonchev–Trinajstić information content (AvgIpc) is 2.77. The fourth-order valence-corrected chi connectivity index (χ4v) is 1.54. The maximum absolute atomic E-state index is 11.9. The molecule has 1 aromatic heterocycles. The van der Waals surface area contributed by atoms with Gasteiger partial charge in [0, 0.05) is 12.7 Å². The van der Waals surface area contributed by atoms with Crippen LogP contribution in [0.2, 0.25) is 0 Å². The number of nitrogens with one attached hydrogen (secondary N) is 1. The molecule has 0 bridgehead atoms. The Morgan fingerprint density at radius 3 is 2.78 bits per heavy atom. The van der Waals surface area contributed by atoms with Gasteiger partial charge in [0.2, 0.25) is 0 Å². The third kappa shape index (κ3) is 3.87. The van der Waals surface area contributed by atoms with Gasteiger partial charge in [0.15, 0.2) is 0 Å². The summed E-state index contributed by atoms with van der Waals surface area (Å²) in [5.74, 6) is -0.709. The SMILES string of the molecule is CCCc1cc(C(=O)N(C)CC(=O)OCC)n[nH]1. The van der Waals surface area contributed by atoms with Crippen LogP contribution in [0.15, 0.2) is 6.07 Å². The Morgan fingerprint density at radius 2 is 2.17 bits per heavy atom. The first kappa shape index (κ1) is 14.2. The van der Waals surface area contributed by atoms with Gasteiger partial charge in [-0.2, -0.15) is 5.10 Å². The number of aromatic amines is 1. The van der Waals surface area contributed by atoms with Crippen LogP contribution in [-0.4, -0.2) is 47.2 Å². The Balaban J connectivity index is 2.59. The van der Waals surface area contributed by atoms with Crippen molar-refractivity contribution < 1.29 is 14.3 Å². The first-order valence-corrected chi connectivity index (χ1v) is 6.03. The first-order valence-electron chi connectivity index (χ1n) is 6.03. The molecule has 1 aromatic rings. The number of nitrogens with zero attached hydrogens (tertiary/aromatic N) is 2. The number of rotatable bonds is 6. The monoisotopic (exact) mass is 253 g/mol. The highest BCUT2D eigenvalue weighted by Gasteiger charge is 2.18. The van der Waals surface area contributed by atoms with Crippen LogP contribution in [0, 0.1) is 0 Å². The van der Waals surface area contributed by atoms with Crippen molar-refractivity contribution in [1.29, 1.82) is 0 Å². The lowest BCUT2D eigenvalue weighted by Gasteiger charge is -2.14. The molecule has 0 aliphatic rings. The molecule has 0 saturated heterocycles. The maximum Gasteiger partial charge on any atom is 0.325 e. The minimum atomic E-state index is -0.419. The van der Waals surface area contributed by atoms with Crippen LogP contribution >= 0.6 is 0 Å². The normalized spacial score (nSPS) is 10.2. The second kappa shape index (κ2) is 6.78. The van der Waals surface area contributed by atoms with Crippen molar-refractivity contribution in [3.8, 4) is 0 Å². The van der Waals surface area contributed by atoms with E-state index in [1.54, 1.807) is 20.0 Å². The van der Waals surface area contributed by atoms with E-state index in [0.717, 1.165) is 18.5 Å². The van der Waals surface area contributed by atoms with E-state index in [1.165, 1.54) is 4.90 Å². The highest BCUT2D eigenvalue weighted by atomic mass is 16.5. The summed E-state index contributed by atoms with van der Waals surface area (Å²) in [6.07, 6.45) is 1.83. The number of H-pyrrole nitrogens is 1. The Kier molecular flexibility index (Phi) is 5.35. The number of ether oxygens (including phenoxy) is 1. The molecule has 1 heterocycles. The van der Waals surface area contributed by atoms with Crippen LogP contribution in [0.25, 0.3) is 0 Å². The summed E-state index contributed by atoms with van der Waals surface area (Å²) in [5, 5.41) is 6.75. The molecule has 0 aliphatic heterocycles. The fourth-order valence-electron chi connectivity index (χ4n) is 1.54. The van der Waals surface area contributed by atoms with Crippen LogP contribution < -0.4 is 0 Å². The Hall–Kier alpha value is -1.85. The van der Waals surface area contributed by atoms with Gasteiger partial charge in [-0.15, -0.1) is 0 Å². The van der Waals surface area contributed by atoms with Gasteiger partial charge in [0.1, 0.15) is 12.2 Å². The topological polar surface area (TPSA) is 75.3 Å². The first-order chi connectivity index (χ1) is 8.58. The van der Waals surface area contributed by atoms with Crippen molar-refractivity contribution >= 4 is 11.9 Å². The Labute approximate surface area is 106 Å². The van der Waals surface area contributed by atoms with Gasteiger partial charge in [0.25, 0.3) is 5.91 Å². The minimum Gasteiger partial charge on any atom is -0.465 e. The number of aryl methyl sites for hydroxylation is 1. The van der Waals surface area contributed by atoms with Gasteiger partial charge < -0.3 is 9.64 Å². The minimum absolute atomic E-state index is 0.0668. The number of carbonyl (C=O) groups is 2. The number of esters is 1. The highest BCUT2D eigenvalue weighted by Crippen LogP contribution is 2.05. The van der Waals surface area contributed by atoms with Gasteiger partial charge in [0.05, 0.1) is 6.61 Å². The van der Waals surface area contributed by atoms with Crippen molar-refractivity contribution in [2.24, 2.45) is 0 Å².